The lowest BCUT2D eigenvalue weighted by Crippen LogP contribution is -2.71. The fraction of sp³-hybridized carbons (Fsp3) is 0.838. The first-order valence-electron chi connectivity index (χ1n) is 16.5. The van der Waals surface area contributed by atoms with E-state index in [2.05, 4.69) is 85.7 Å². The van der Waals surface area contributed by atoms with Gasteiger partial charge in [-0.15, -0.1) is 0 Å². The minimum Gasteiger partial charge on any atom is -0.389 e. The van der Waals surface area contributed by atoms with E-state index in [1.165, 1.54) is 56.9 Å². The van der Waals surface area contributed by atoms with Crippen molar-refractivity contribution < 1.29 is 5.11 Å². The van der Waals surface area contributed by atoms with Gasteiger partial charge in [0.15, 0.2) is 0 Å². The van der Waals surface area contributed by atoms with Gasteiger partial charge in [0.2, 0.25) is 0 Å². The van der Waals surface area contributed by atoms with Gasteiger partial charge in [0.25, 0.3) is 0 Å². The predicted molar refractivity (Wildman–Crippen MR) is 160 cm³/mol. The Morgan fingerprint density at radius 3 is 2.13 bits per heavy atom. The summed E-state index contributed by atoms with van der Waals surface area (Å²) in [4.78, 5) is 0. The average molecular weight is 519 g/mol. The van der Waals surface area contributed by atoms with E-state index < -0.39 is 5.60 Å². The minimum atomic E-state index is -0.624. The molecule has 6 rings (SSSR count). The van der Waals surface area contributed by atoms with Crippen LogP contribution in [0.2, 0.25) is 0 Å². The van der Waals surface area contributed by atoms with E-state index in [1.807, 2.05) is 0 Å². The van der Waals surface area contributed by atoms with E-state index >= 15 is 0 Å². The maximum atomic E-state index is 13.0. The van der Waals surface area contributed by atoms with Gasteiger partial charge in [0.1, 0.15) is 0 Å². The Hall–Kier alpha value is -0.820. The third-order valence-electron chi connectivity index (χ3n) is 15.3. The molecular weight excluding hydrogens is 460 g/mol. The lowest BCUT2D eigenvalue weighted by Gasteiger charge is -2.75. The second kappa shape index (κ2) is 8.59. The summed E-state index contributed by atoms with van der Waals surface area (Å²) in [5.74, 6) is 4.66. The molecule has 1 nitrogen and oxygen atoms in total. The molecule has 1 aromatic rings. The molecule has 0 bridgehead atoms. The van der Waals surface area contributed by atoms with Crippen LogP contribution < -0.4 is 0 Å². The van der Waals surface area contributed by atoms with Gasteiger partial charge in [-0.05, 0) is 127 Å². The zero-order chi connectivity index (χ0) is 27.4. The largest absolute Gasteiger partial charge is 0.389 e. The van der Waals surface area contributed by atoms with E-state index in [0.717, 1.165) is 42.9 Å². The molecule has 0 aliphatic heterocycles. The number of hydrogen-bond donors (Lipinski definition) is 1. The highest BCUT2D eigenvalue weighted by Crippen LogP contribution is 2.78. The Morgan fingerprint density at radius 1 is 0.737 bits per heavy atom. The van der Waals surface area contributed by atoms with E-state index in [9.17, 15) is 5.11 Å². The number of hydrogen-bond acceptors (Lipinski definition) is 1. The van der Waals surface area contributed by atoms with E-state index in [-0.39, 0.29) is 5.41 Å². The molecule has 0 radical (unpaired) electrons. The van der Waals surface area contributed by atoms with E-state index in [1.54, 1.807) is 0 Å². The van der Waals surface area contributed by atoms with Crippen LogP contribution in [0.4, 0.5) is 0 Å². The Bertz CT molecular complexity index is 1040. The molecule has 1 N–H and O–H groups in total. The van der Waals surface area contributed by atoms with Crippen LogP contribution in [-0.4, -0.2) is 10.7 Å². The molecule has 0 amide bonds. The molecule has 5 aliphatic rings. The lowest BCUT2D eigenvalue weighted by atomic mass is 9.30. The zero-order valence-electron chi connectivity index (χ0n) is 26.1. The normalized spacial score (nSPS) is 51.6. The van der Waals surface area contributed by atoms with Crippen molar-refractivity contribution in [2.75, 3.05) is 0 Å². The molecular formula is C37H58O. The van der Waals surface area contributed by atoms with Crippen molar-refractivity contribution in [2.24, 2.45) is 62.6 Å². The van der Waals surface area contributed by atoms with Crippen molar-refractivity contribution in [3.8, 4) is 0 Å². The van der Waals surface area contributed by atoms with Gasteiger partial charge in [-0.1, -0.05) is 85.7 Å². The van der Waals surface area contributed by atoms with Crippen LogP contribution in [0.5, 0.6) is 0 Å². The summed E-state index contributed by atoms with van der Waals surface area (Å²) in [6, 6.07) is 10.9. The number of benzene rings is 1. The molecule has 38 heavy (non-hydrogen) atoms. The third-order valence-corrected chi connectivity index (χ3v) is 15.3. The Labute approximate surface area is 235 Å². The fourth-order valence-corrected chi connectivity index (χ4v) is 13.0. The van der Waals surface area contributed by atoms with Crippen molar-refractivity contribution in [3.05, 3.63) is 35.9 Å². The summed E-state index contributed by atoms with van der Waals surface area (Å²) in [6.45, 7) is 20.8. The second-order valence-corrected chi connectivity index (χ2v) is 17.3. The highest BCUT2D eigenvalue weighted by molar-refractivity contribution is 5.26. The summed E-state index contributed by atoms with van der Waals surface area (Å²) in [5, 5.41) is 13.0. The third kappa shape index (κ3) is 3.45. The van der Waals surface area contributed by atoms with Crippen LogP contribution in [0.1, 0.15) is 125 Å². The van der Waals surface area contributed by atoms with Crippen LogP contribution in [0.15, 0.2) is 30.3 Å². The van der Waals surface area contributed by atoms with Crippen molar-refractivity contribution in [1.29, 1.82) is 0 Å². The quantitative estimate of drug-likeness (QED) is 0.422. The Kier molecular flexibility index (Phi) is 6.19. The van der Waals surface area contributed by atoms with Crippen LogP contribution in [-0.2, 0) is 6.42 Å². The first kappa shape index (κ1) is 27.4. The molecule has 1 aromatic carbocycles. The van der Waals surface area contributed by atoms with Gasteiger partial charge in [0, 0.05) is 11.8 Å². The zero-order valence-corrected chi connectivity index (χ0v) is 26.1. The van der Waals surface area contributed by atoms with Gasteiger partial charge in [0.05, 0.1) is 5.60 Å². The monoisotopic (exact) mass is 518 g/mol. The van der Waals surface area contributed by atoms with Gasteiger partial charge < -0.3 is 5.11 Å². The minimum absolute atomic E-state index is 0.0422. The van der Waals surface area contributed by atoms with Crippen LogP contribution in [0.25, 0.3) is 0 Å². The highest BCUT2D eigenvalue weighted by atomic mass is 16.3. The SMILES string of the molecule is CC(C)[C@H]1CC[C@]2(C)CC[C@]3(C)C(CCC4[C@]5(C)C(CC[C@]43C)C(C)(C)CCC5(O)Cc3ccccc3)C12. The fourth-order valence-electron chi connectivity index (χ4n) is 13.0. The second-order valence-electron chi connectivity index (χ2n) is 17.3. The molecule has 5 unspecified atom stereocenters. The molecule has 0 heterocycles. The first-order valence-corrected chi connectivity index (χ1v) is 16.5. The van der Waals surface area contributed by atoms with Gasteiger partial charge in [-0.25, -0.2) is 0 Å². The van der Waals surface area contributed by atoms with Crippen molar-refractivity contribution in [3.63, 3.8) is 0 Å². The Morgan fingerprint density at radius 2 is 1.45 bits per heavy atom. The maximum Gasteiger partial charge on any atom is 0.0747 e. The number of fused-ring (bicyclic) bond motifs is 7. The van der Waals surface area contributed by atoms with Crippen molar-refractivity contribution in [2.45, 2.75) is 132 Å². The molecule has 0 spiro atoms. The predicted octanol–water partition coefficient (Wildman–Crippen LogP) is 9.72. The summed E-state index contributed by atoms with van der Waals surface area (Å²) in [6.07, 6.45) is 14.0. The van der Waals surface area contributed by atoms with Crippen molar-refractivity contribution in [1.82, 2.24) is 0 Å². The average Bonchev–Trinajstić information content (AvgIpc) is 3.21. The summed E-state index contributed by atoms with van der Waals surface area (Å²) < 4.78 is 0. The maximum absolute atomic E-state index is 13.0. The molecule has 5 fully saturated rings. The summed E-state index contributed by atoms with van der Waals surface area (Å²) >= 11 is 0. The molecule has 5 aliphatic carbocycles. The van der Waals surface area contributed by atoms with Crippen LogP contribution in [0.3, 0.4) is 0 Å². The molecule has 0 saturated heterocycles. The molecule has 212 valence electrons. The number of rotatable bonds is 3. The smallest absolute Gasteiger partial charge is 0.0747 e. The van der Waals surface area contributed by atoms with E-state index in [0.29, 0.717) is 33.5 Å². The van der Waals surface area contributed by atoms with Crippen LogP contribution >= 0.6 is 0 Å². The molecule has 10 atom stereocenters. The number of aliphatic hydroxyl groups is 1. The summed E-state index contributed by atoms with van der Waals surface area (Å²) in [7, 11) is 0. The summed E-state index contributed by atoms with van der Waals surface area (Å²) in [5.41, 5.74) is 2.22. The van der Waals surface area contributed by atoms with Gasteiger partial charge >= 0.3 is 0 Å². The van der Waals surface area contributed by atoms with E-state index in [4.69, 9.17) is 0 Å². The molecule has 0 aromatic heterocycles. The van der Waals surface area contributed by atoms with Crippen LogP contribution in [0, 0.1) is 62.6 Å². The van der Waals surface area contributed by atoms with Gasteiger partial charge in [-0.3, -0.25) is 0 Å². The highest BCUT2D eigenvalue weighted by Gasteiger charge is 2.73. The first-order chi connectivity index (χ1) is 17.7. The molecule has 1 heteroatoms. The topological polar surface area (TPSA) is 20.2 Å². The Balaban J connectivity index is 1.43. The van der Waals surface area contributed by atoms with Crippen molar-refractivity contribution >= 4 is 0 Å². The molecule has 5 saturated carbocycles. The lowest BCUT2D eigenvalue weighted by molar-refractivity contribution is -0.289. The standard InChI is InChI=1S/C37H58O/c1-25(2)27-16-18-33(5)21-22-34(6)28(31(27)33)14-15-30-35(34,7)19-17-29-32(3,4)20-23-37(38,36(29,30)8)24-26-12-10-9-11-13-26/h9-13,25,27-31,38H,14-24H2,1-8H3/t27-,28?,29?,30?,31?,33-,34-,35-,36+,37?/m1/s1. The van der Waals surface area contributed by atoms with Gasteiger partial charge in [-0.2, -0.15) is 0 Å².